The zero-order chi connectivity index (χ0) is 9.26. The second kappa shape index (κ2) is 3.50. The Balaban J connectivity index is 1.92. The number of nitrogens with zero attached hydrogens (tertiary/aromatic N) is 1. The van der Waals surface area contributed by atoms with Crippen LogP contribution >= 0.6 is 0 Å². The Hall–Kier alpha value is -0.830. The van der Waals surface area contributed by atoms with E-state index < -0.39 is 5.97 Å². The normalized spacial score (nSPS) is 25.8. The molecule has 2 rings (SSSR count). The van der Waals surface area contributed by atoms with Crippen LogP contribution in [0.1, 0.15) is 19.3 Å². The average Bonchev–Trinajstić information content (AvgIpc) is 2.75. The first kappa shape index (κ1) is 8.75. The van der Waals surface area contributed by atoms with E-state index in [1.807, 2.05) is 6.08 Å². The molecule has 0 amide bonds. The highest BCUT2D eigenvalue weighted by Gasteiger charge is 2.35. The van der Waals surface area contributed by atoms with Crippen LogP contribution in [0.25, 0.3) is 0 Å². The molecule has 3 heteroatoms. The lowest BCUT2D eigenvalue weighted by Gasteiger charge is -2.37. The minimum absolute atomic E-state index is 0.407. The Morgan fingerprint density at radius 3 is 2.54 bits per heavy atom. The fourth-order valence-electron chi connectivity index (χ4n) is 1.83. The van der Waals surface area contributed by atoms with Crippen molar-refractivity contribution in [3.63, 3.8) is 0 Å². The van der Waals surface area contributed by atoms with E-state index in [0.717, 1.165) is 19.0 Å². The first-order valence-electron chi connectivity index (χ1n) is 4.92. The second-order valence-electron chi connectivity index (χ2n) is 3.91. The second-order valence-corrected chi connectivity index (χ2v) is 3.91. The molecule has 1 unspecified atom stereocenters. The molecular formula is C10H15NO2. The standard InChI is InChI=1S/C10H15NO2/c12-10(13)5-4-9(8-2-3-8)11-6-1-7-11/h4-5,8-9H,1-3,6-7H2,(H,12,13)/b5-4+. The maximum absolute atomic E-state index is 10.4. The molecule has 0 aromatic carbocycles. The summed E-state index contributed by atoms with van der Waals surface area (Å²) in [7, 11) is 0. The van der Waals surface area contributed by atoms with Crippen molar-refractivity contribution < 1.29 is 9.90 Å². The van der Waals surface area contributed by atoms with Gasteiger partial charge in [0.25, 0.3) is 0 Å². The molecule has 1 N–H and O–H groups in total. The van der Waals surface area contributed by atoms with Crippen LogP contribution in [0.5, 0.6) is 0 Å². The monoisotopic (exact) mass is 181 g/mol. The van der Waals surface area contributed by atoms with Crippen molar-refractivity contribution in [2.45, 2.75) is 25.3 Å². The van der Waals surface area contributed by atoms with E-state index in [2.05, 4.69) is 4.90 Å². The molecule has 0 spiro atoms. The SMILES string of the molecule is O=C(O)/C=C/C(C1CC1)N1CCC1. The molecule has 1 saturated heterocycles. The molecule has 1 saturated carbocycles. The van der Waals surface area contributed by atoms with Crippen LogP contribution in [0, 0.1) is 5.92 Å². The van der Waals surface area contributed by atoms with E-state index in [1.54, 1.807) is 0 Å². The van der Waals surface area contributed by atoms with Crippen molar-refractivity contribution in [2.75, 3.05) is 13.1 Å². The van der Waals surface area contributed by atoms with Crippen LogP contribution in [-0.2, 0) is 4.79 Å². The van der Waals surface area contributed by atoms with Crippen LogP contribution in [0.3, 0.4) is 0 Å². The van der Waals surface area contributed by atoms with Gasteiger partial charge in [0.15, 0.2) is 0 Å². The number of hydrogen-bond donors (Lipinski definition) is 1. The predicted molar refractivity (Wildman–Crippen MR) is 49.5 cm³/mol. The topological polar surface area (TPSA) is 40.5 Å². The summed E-state index contributed by atoms with van der Waals surface area (Å²) in [6.45, 7) is 2.29. The average molecular weight is 181 g/mol. The lowest BCUT2D eigenvalue weighted by Crippen LogP contribution is -2.45. The van der Waals surface area contributed by atoms with Gasteiger partial charge < -0.3 is 5.11 Å². The number of carbonyl (C=O) groups is 1. The Morgan fingerprint density at radius 2 is 2.15 bits per heavy atom. The minimum Gasteiger partial charge on any atom is -0.478 e. The van der Waals surface area contributed by atoms with Gasteiger partial charge in [-0.3, -0.25) is 4.90 Å². The predicted octanol–water partition coefficient (Wildman–Crippen LogP) is 1.11. The minimum atomic E-state index is -0.828. The summed E-state index contributed by atoms with van der Waals surface area (Å²) in [5, 5.41) is 8.53. The van der Waals surface area contributed by atoms with Gasteiger partial charge in [0, 0.05) is 12.1 Å². The number of carboxylic acid groups (broad SMARTS) is 1. The molecule has 13 heavy (non-hydrogen) atoms. The maximum Gasteiger partial charge on any atom is 0.328 e. The molecule has 2 fully saturated rings. The first-order chi connectivity index (χ1) is 6.27. The zero-order valence-corrected chi connectivity index (χ0v) is 7.65. The smallest absolute Gasteiger partial charge is 0.328 e. The van der Waals surface area contributed by atoms with Crippen LogP contribution in [-0.4, -0.2) is 35.1 Å². The van der Waals surface area contributed by atoms with Gasteiger partial charge in [-0.25, -0.2) is 4.79 Å². The summed E-state index contributed by atoms with van der Waals surface area (Å²) in [5.74, 6) is -0.0953. The Kier molecular flexibility index (Phi) is 2.36. The molecule has 3 nitrogen and oxygen atoms in total. The van der Waals surface area contributed by atoms with Gasteiger partial charge in [-0.15, -0.1) is 0 Å². The summed E-state index contributed by atoms with van der Waals surface area (Å²) < 4.78 is 0. The highest BCUT2D eigenvalue weighted by molar-refractivity contribution is 5.79. The molecule has 2 aliphatic rings. The third-order valence-electron chi connectivity index (χ3n) is 2.85. The molecule has 1 aliphatic heterocycles. The molecule has 1 aliphatic carbocycles. The van der Waals surface area contributed by atoms with E-state index in [4.69, 9.17) is 5.11 Å². The zero-order valence-electron chi connectivity index (χ0n) is 7.65. The molecule has 0 aromatic heterocycles. The molecule has 0 aromatic rings. The van der Waals surface area contributed by atoms with Crippen molar-refractivity contribution in [3.05, 3.63) is 12.2 Å². The van der Waals surface area contributed by atoms with Crippen molar-refractivity contribution in [1.29, 1.82) is 0 Å². The lowest BCUT2D eigenvalue weighted by atomic mass is 10.1. The third-order valence-corrected chi connectivity index (χ3v) is 2.85. The van der Waals surface area contributed by atoms with Gasteiger partial charge in [-0.1, -0.05) is 6.08 Å². The highest BCUT2D eigenvalue weighted by Crippen LogP contribution is 2.37. The van der Waals surface area contributed by atoms with Gasteiger partial charge in [0.1, 0.15) is 0 Å². The molecule has 72 valence electrons. The van der Waals surface area contributed by atoms with E-state index in [0.29, 0.717) is 6.04 Å². The van der Waals surface area contributed by atoms with Crippen molar-refractivity contribution >= 4 is 5.97 Å². The highest BCUT2D eigenvalue weighted by atomic mass is 16.4. The van der Waals surface area contributed by atoms with Crippen molar-refractivity contribution in [2.24, 2.45) is 5.92 Å². The van der Waals surface area contributed by atoms with Gasteiger partial charge in [0.2, 0.25) is 0 Å². The summed E-state index contributed by atoms with van der Waals surface area (Å²) in [4.78, 5) is 12.7. The third kappa shape index (κ3) is 2.10. The molecule has 1 heterocycles. The van der Waals surface area contributed by atoms with Crippen molar-refractivity contribution in [3.8, 4) is 0 Å². The Morgan fingerprint density at radius 1 is 1.46 bits per heavy atom. The van der Waals surface area contributed by atoms with Gasteiger partial charge in [-0.05, 0) is 38.3 Å². The summed E-state index contributed by atoms with van der Waals surface area (Å²) in [6, 6.07) is 0.407. The van der Waals surface area contributed by atoms with Crippen LogP contribution in [0.2, 0.25) is 0 Å². The van der Waals surface area contributed by atoms with E-state index >= 15 is 0 Å². The van der Waals surface area contributed by atoms with Crippen LogP contribution in [0.15, 0.2) is 12.2 Å². The van der Waals surface area contributed by atoms with Gasteiger partial charge in [0.05, 0.1) is 0 Å². The number of aliphatic carboxylic acids is 1. The van der Waals surface area contributed by atoms with Crippen LogP contribution < -0.4 is 0 Å². The number of rotatable bonds is 4. The van der Waals surface area contributed by atoms with Gasteiger partial charge in [-0.2, -0.15) is 0 Å². The Labute approximate surface area is 78.0 Å². The maximum atomic E-state index is 10.4. The molecular weight excluding hydrogens is 166 g/mol. The van der Waals surface area contributed by atoms with E-state index in [1.165, 1.54) is 25.3 Å². The molecule has 0 bridgehead atoms. The Bertz CT molecular complexity index is 229. The van der Waals surface area contributed by atoms with Gasteiger partial charge >= 0.3 is 5.97 Å². The van der Waals surface area contributed by atoms with Crippen LogP contribution in [0.4, 0.5) is 0 Å². The lowest BCUT2D eigenvalue weighted by molar-refractivity contribution is -0.131. The van der Waals surface area contributed by atoms with Crippen molar-refractivity contribution in [1.82, 2.24) is 4.90 Å². The number of hydrogen-bond acceptors (Lipinski definition) is 2. The number of carboxylic acids is 1. The number of likely N-dealkylation sites (tertiary alicyclic amines) is 1. The quantitative estimate of drug-likeness (QED) is 0.660. The summed E-state index contributed by atoms with van der Waals surface area (Å²) in [6.07, 6.45) is 6.96. The molecule has 0 radical (unpaired) electrons. The first-order valence-corrected chi connectivity index (χ1v) is 4.92. The summed E-state index contributed by atoms with van der Waals surface area (Å²) >= 11 is 0. The van der Waals surface area contributed by atoms with E-state index in [-0.39, 0.29) is 0 Å². The largest absolute Gasteiger partial charge is 0.478 e. The van der Waals surface area contributed by atoms with E-state index in [9.17, 15) is 4.79 Å². The summed E-state index contributed by atoms with van der Waals surface area (Å²) in [5.41, 5.74) is 0. The fourth-order valence-corrected chi connectivity index (χ4v) is 1.83. The fraction of sp³-hybridized carbons (Fsp3) is 0.700. The molecule has 1 atom stereocenters.